The minimum Gasteiger partial charge on any atom is -0.508 e. The number of rotatable bonds is 6. The van der Waals surface area contributed by atoms with Crippen LogP contribution < -0.4 is 15.0 Å². The number of phenols is 1. The molecule has 1 aromatic heterocycles. The van der Waals surface area contributed by atoms with Crippen LogP contribution in [0.4, 0.5) is 19.0 Å². The molecule has 3 aromatic carbocycles. The molecule has 8 nitrogen and oxygen atoms in total. The van der Waals surface area contributed by atoms with Crippen molar-refractivity contribution in [2.75, 3.05) is 37.7 Å². The van der Waals surface area contributed by atoms with Crippen LogP contribution in [0, 0.1) is 11.6 Å². The van der Waals surface area contributed by atoms with E-state index in [1.165, 1.54) is 25.1 Å². The van der Waals surface area contributed by atoms with Gasteiger partial charge in [0, 0.05) is 54.5 Å². The number of aromatic hydroxyl groups is 1. The molecule has 0 aliphatic carbocycles. The molecule has 45 heavy (non-hydrogen) atoms. The predicted molar refractivity (Wildman–Crippen MR) is 165 cm³/mol. The highest BCUT2D eigenvalue weighted by Gasteiger charge is 2.49. The monoisotopic (exact) mass is 617 g/mol. The van der Waals surface area contributed by atoms with Gasteiger partial charge >= 0.3 is 6.01 Å². The number of aromatic nitrogens is 2. The van der Waals surface area contributed by atoms with Crippen LogP contribution in [0.5, 0.6) is 11.8 Å². The smallest absolute Gasteiger partial charge is 0.319 e. The molecule has 4 aromatic rings. The molecule has 8 rings (SSSR count). The molecule has 5 heterocycles. The Morgan fingerprint density at radius 3 is 2.71 bits per heavy atom. The van der Waals surface area contributed by atoms with Gasteiger partial charge in [-0.15, -0.1) is 0 Å². The van der Waals surface area contributed by atoms with Gasteiger partial charge in [-0.05, 0) is 68.3 Å². The summed E-state index contributed by atoms with van der Waals surface area (Å²) in [7, 11) is 0. The molecular weight excluding hydrogens is 583 g/mol. The maximum atomic E-state index is 16.9. The number of phenolic OH excluding ortho intramolecular Hbond substituents is 1. The fourth-order valence-corrected chi connectivity index (χ4v) is 8.23. The lowest BCUT2D eigenvalue weighted by Gasteiger charge is -2.34. The van der Waals surface area contributed by atoms with Crippen LogP contribution in [0.2, 0.25) is 0 Å². The fraction of sp³-hybridized carbons (Fsp3) is 0.441. The molecule has 11 heteroatoms. The van der Waals surface area contributed by atoms with Crippen LogP contribution in [0.15, 0.2) is 36.4 Å². The Morgan fingerprint density at radius 1 is 1.13 bits per heavy atom. The lowest BCUT2D eigenvalue weighted by atomic mass is 9.91. The van der Waals surface area contributed by atoms with Crippen molar-refractivity contribution in [3.05, 3.63) is 53.6 Å². The highest BCUT2D eigenvalue weighted by molar-refractivity contribution is 6.13. The number of benzene rings is 3. The van der Waals surface area contributed by atoms with E-state index in [2.05, 4.69) is 15.2 Å². The molecular formula is C34H34F3N5O3. The normalized spacial score (nSPS) is 26.2. The first kappa shape index (κ1) is 28.5. The molecule has 2 bridgehead atoms. The van der Waals surface area contributed by atoms with E-state index in [1.54, 1.807) is 18.2 Å². The molecule has 4 fully saturated rings. The number of fused-ring (bicyclic) bond motifs is 5. The zero-order valence-corrected chi connectivity index (χ0v) is 25.0. The summed E-state index contributed by atoms with van der Waals surface area (Å²) >= 11 is 0. The standard InChI is InChI=1S/C34H34F3N5O3/c1-18(43)24-5-2-4-19-10-23(44)11-25(28(19)24)29-27(36)12-26-31(30(29)37)39-33(40-32(26)41-15-21-6-7-22(16-41)38-21)45-17-34-8-3-9-42(34)14-20(35)13-34/h2,4-5,10-12,20-22,38,44H,3,6-9,13-17H2,1H3. The number of carbonyl (C=O) groups is 1. The van der Waals surface area contributed by atoms with Crippen LogP contribution in [-0.2, 0) is 0 Å². The van der Waals surface area contributed by atoms with Crippen LogP contribution in [0.1, 0.15) is 49.4 Å². The van der Waals surface area contributed by atoms with Gasteiger partial charge < -0.3 is 20.1 Å². The number of alkyl halides is 1. The number of anilines is 1. The first-order valence-corrected chi connectivity index (χ1v) is 15.7. The van der Waals surface area contributed by atoms with E-state index < -0.39 is 28.9 Å². The zero-order chi connectivity index (χ0) is 31.0. The quantitative estimate of drug-likeness (QED) is 0.273. The number of hydrogen-bond acceptors (Lipinski definition) is 8. The largest absolute Gasteiger partial charge is 0.508 e. The van der Waals surface area contributed by atoms with Crippen LogP contribution in [0.25, 0.3) is 32.8 Å². The Hall–Kier alpha value is -3.96. The second-order valence-electron chi connectivity index (χ2n) is 13.1. The lowest BCUT2D eigenvalue weighted by Crippen LogP contribution is -2.51. The van der Waals surface area contributed by atoms with Crippen molar-refractivity contribution < 1.29 is 27.8 Å². The Balaban J connectivity index is 1.30. The number of halogens is 3. The highest BCUT2D eigenvalue weighted by atomic mass is 19.1. The maximum Gasteiger partial charge on any atom is 0.319 e. The lowest BCUT2D eigenvalue weighted by molar-refractivity contribution is 0.101. The Bertz CT molecular complexity index is 1860. The van der Waals surface area contributed by atoms with Gasteiger partial charge in [0.15, 0.2) is 11.6 Å². The molecule has 4 atom stereocenters. The average Bonchev–Trinajstić information content (AvgIpc) is 3.65. The van der Waals surface area contributed by atoms with E-state index in [0.717, 1.165) is 32.2 Å². The average molecular weight is 618 g/mol. The summed E-state index contributed by atoms with van der Waals surface area (Å²) in [6.07, 6.45) is 3.18. The van der Waals surface area contributed by atoms with Crippen LogP contribution in [-0.4, -0.2) is 82.3 Å². The number of Topliss-reactive ketones (excluding diaryl/α,β-unsaturated/α-hetero) is 1. The van der Waals surface area contributed by atoms with Gasteiger partial charge in [-0.25, -0.2) is 13.2 Å². The van der Waals surface area contributed by atoms with Crippen molar-refractivity contribution in [1.29, 1.82) is 0 Å². The summed E-state index contributed by atoms with van der Waals surface area (Å²) in [5, 5.41) is 15.2. The number of ether oxygens (including phenoxy) is 1. The van der Waals surface area contributed by atoms with E-state index in [4.69, 9.17) is 9.72 Å². The number of nitrogens with zero attached hydrogens (tertiary/aromatic N) is 4. The second-order valence-corrected chi connectivity index (χ2v) is 13.1. The van der Waals surface area contributed by atoms with Crippen molar-refractivity contribution in [3.63, 3.8) is 0 Å². The van der Waals surface area contributed by atoms with Crippen molar-refractivity contribution in [2.24, 2.45) is 0 Å². The molecule has 4 aliphatic heterocycles. The topological polar surface area (TPSA) is 90.8 Å². The molecule has 4 unspecified atom stereocenters. The molecule has 0 saturated carbocycles. The van der Waals surface area contributed by atoms with Gasteiger partial charge in [0.1, 0.15) is 35.7 Å². The van der Waals surface area contributed by atoms with E-state index in [1.807, 2.05) is 4.90 Å². The summed E-state index contributed by atoms with van der Waals surface area (Å²) < 4.78 is 53.8. The number of carbonyl (C=O) groups excluding carboxylic acids is 1. The molecule has 234 valence electrons. The third kappa shape index (κ3) is 4.70. The summed E-state index contributed by atoms with van der Waals surface area (Å²) in [5.41, 5.74) is -0.638. The fourth-order valence-electron chi connectivity index (χ4n) is 8.23. The van der Waals surface area contributed by atoms with Gasteiger partial charge in [-0.3, -0.25) is 9.69 Å². The molecule has 2 N–H and O–H groups in total. The van der Waals surface area contributed by atoms with Crippen LogP contribution >= 0.6 is 0 Å². The van der Waals surface area contributed by atoms with Gasteiger partial charge in [0.05, 0.1) is 11.1 Å². The van der Waals surface area contributed by atoms with Gasteiger partial charge in [0.25, 0.3) is 0 Å². The molecule has 4 aliphatic rings. The van der Waals surface area contributed by atoms with Gasteiger partial charge in [-0.2, -0.15) is 9.97 Å². The first-order valence-electron chi connectivity index (χ1n) is 15.7. The number of nitrogens with one attached hydrogen (secondary N) is 1. The van der Waals surface area contributed by atoms with Crippen LogP contribution in [0.3, 0.4) is 0 Å². The first-order chi connectivity index (χ1) is 21.7. The zero-order valence-electron chi connectivity index (χ0n) is 25.0. The van der Waals surface area contributed by atoms with Gasteiger partial charge in [0.2, 0.25) is 0 Å². The predicted octanol–water partition coefficient (Wildman–Crippen LogP) is 5.53. The number of piperazine rings is 1. The molecule has 4 saturated heterocycles. The summed E-state index contributed by atoms with van der Waals surface area (Å²) in [4.78, 5) is 26.0. The minimum absolute atomic E-state index is 0.0476. The Kier molecular flexibility index (Phi) is 6.69. The summed E-state index contributed by atoms with van der Waals surface area (Å²) in [5.74, 6) is -1.87. The molecule has 0 spiro atoms. The highest BCUT2D eigenvalue weighted by Crippen LogP contribution is 2.43. The third-order valence-corrected chi connectivity index (χ3v) is 10.2. The maximum absolute atomic E-state index is 16.9. The number of ketones is 1. The Morgan fingerprint density at radius 2 is 1.93 bits per heavy atom. The van der Waals surface area contributed by atoms with Crippen molar-refractivity contribution in [2.45, 2.75) is 62.8 Å². The van der Waals surface area contributed by atoms with Crippen molar-refractivity contribution in [1.82, 2.24) is 20.2 Å². The van der Waals surface area contributed by atoms with E-state index in [9.17, 15) is 14.3 Å². The van der Waals surface area contributed by atoms with Crippen molar-refractivity contribution >= 4 is 33.3 Å². The summed E-state index contributed by atoms with van der Waals surface area (Å²) in [6.45, 7) is 3.96. The van der Waals surface area contributed by atoms with Gasteiger partial charge in [-0.1, -0.05) is 18.2 Å². The van der Waals surface area contributed by atoms with E-state index in [-0.39, 0.29) is 58.3 Å². The summed E-state index contributed by atoms with van der Waals surface area (Å²) in [6, 6.07) is 9.36. The molecule has 0 amide bonds. The van der Waals surface area contributed by atoms with Crippen molar-refractivity contribution in [3.8, 4) is 22.9 Å². The Labute approximate surface area is 258 Å². The minimum atomic E-state index is -0.938. The molecule has 0 radical (unpaired) electrons. The van der Waals surface area contributed by atoms with E-state index >= 15 is 8.78 Å². The number of hydrogen-bond donors (Lipinski definition) is 2. The second kappa shape index (κ2) is 10.6. The van der Waals surface area contributed by atoms with E-state index in [0.29, 0.717) is 42.6 Å². The SMILES string of the molecule is CC(=O)c1cccc2cc(O)cc(-c3c(F)cc4c(N5CC6CCC(C5)N6)nc(OCC56CCCN5CC(F)C6)nc4c3F)c12. The third-order valence-electron chi connectivity index (χ3n) is 10.2.